The molecule has 1 unspecified atom stereocenters. The second kappa shape index (κ2) is 9.12. The van der Waals surface area contributed by atoms with Gasteiger partial charge in [0.15, 0.2) is 0 Å². The summed E-state index contributed by atoms with van der Waals surface area (Å²) in [5.74, 6) is 0. The maximum absolute atomic E-state index is 13.1. The van der Waals surface area contributed by atoms with Crippen LogP contribution in [0.4, 0.5) is 10.5 Å². The third kappa shape index (κ3) is 4.92. The highest BCUT2D eigenvalue weighted by Crippen LogP contribution is 2.23. The molecule has 3 aromatic rings. The fourth-order valence-corrected chi connectivity index (χ4v) is 4.25. The summed E-state index contributed by atoms with van der Waals surface area (Å²) in [5, 5.41) is 4.28. The highest BCUT2D eigenvalue weighted by atomic mass is 35.5. The van der Waals surface area contributed by atoms with Gasteiger partial charge in [-0.3, -0.25) is 4.79 Å². The SMILES string of the molecule is Cc1cc(C)c2[nH]c(=O)c(CN(CC3CCCO3)C(=O)Nc3ccccc3Cl)cc2c1. The van der Waals surface area contributed by atoms with Gasteiger partial charge in [0.1, 0.15) is 0 Å². The lowest BCUT2D eigenvalue weighted by molar-refractivity contribution is 0.0818. The fraction of sp³-hybridized carbons (Fsp3) is 0.333. The number of amides is 2. The van der Waals surface area contributed by atoms with Crippen LogP contribution in [0.5, 0.6) is 0 Å². The van der Waals surface area contributed by atoms with Gasteiger partial charge in [-0.2, -0.15) is 0 Å². The van der Waals surface area contributed by atoms with Crippen LogP contribution in [-0.2, 0) is 11.3 Å². The van der Waals surface area contributed by atoms with Crippen LogP contribution in [0.3, 0.4) is 0 Å². The van der Waals surface area contributed by atoms with Crippen molar-refractivity contribution >= 4 is 34.2 Å². The number of carbonyl (C=O) groups excluding carboxylic acids is 1. The van der Waals surface area contributed by atoms with Crippen molar-refractivity contribution < 1.29 is 9.53 Å². The molecule has 1 saturated heterocycles. The summed E-state index contributed by atoms with van der Waals surface area (Å²) >= 11 is 6.21. The topological polar surface area (TPSA) is 74.4 Å². The van der Waals surface area contributed by atoms with Crippen LogP contribution in [0.25, 0.3) is 10.9 Å². The predicted molar refractivity (Wildman–Crippen MR) is 124 cm³/mol. The van der Waals surface area contributed by atoms with E-state index in [-0.39, 0.29) is 24.2 Å². The molecule has 2 heterocycles. The molecule has 2 N–H and O–H groups in total. The molecule has 1 atom stereocenters. The standard InChI is InChI=1S/C24H26ClN3O3/c1-15-10-16(2)22-17(11-15)12-18(23(29)27-22)13-28(14-19-6-5-9-31-19)24(30)26-21-8-4-3-7-20(21)25/h3-4,7-8,10-12,19H,5-6,9,13-14H2,1-2H3,(H,26,30)(H,27,29). The van der Waals surface area contributed by atoms with Crippen molar-refractivity contribution in [2.24, 2.45) is 0 Å². The Balaban J connectivity index is 1.64. The highest BCUT2D eigenvalue weighted by molar-refractivity contribution is 6.33. The number of aromatic nitrogens is 1. The summed E-state index contributed by atoms with van der Waals surface area (Å²) in [7, 11) is 0. The Bertz CT molecular complexity index is 1170. The fourth-order valence-electron chi connectivity index (χ4n) is 4.07. The van der Waals surface area contributed by atoms with E-state index in [1.807, 2.05) is 38.1 Å². The van der Waals surface area contributed by atoms with Crippen molar-refractivity contribution in [3.63, 3.8) is 0 Å². The zero-order valence-corrected chi connectivity index (χ0v) is 18.5. The zero-order valence-electron chi connectivity index (χ0n) is 17.7. The molecule has 0 radical (unpaired) electrons. The Kier molecular flexibility index (Phi) is 6.30. The van der Waals surface area contributed by atoms with Crippen LogP contribution in [0.1, 0.15) is 29.5 Å². The Labute approximate surface area is 186 Å². The van der Waals surface area contributed by atoms with Crippen LogP contribution in [0.2, 0.25) is 5.02 Å². The van der Waals surface area contributed by atoms with E-state index in [9.17, 15) is 9.59 Å². The third-order valence-electron chi connectivity index (χ3n) is 5.58. The highest BCUT2D eigenvalue weighted by Gasteiger charge is 2.24. The van der Waals surface area contributed by atoms with Crippen molar-refractivity contribution in [3.05, 3.63) is 74.5 Å². The summed E-state index contributed by atoms with van der Waals surface area (Å²) < 4.78 is 5.74. The van der Waals surface area contributed by atoms with E-state index >= 15 is 0 Å². The lowest BCUT2D eigenvalue weighted by Crippen LogP contribution is -2.40. The van der Waals surface area contributed by atoms with Gasteiger partial charge in [-0.25, -0.2) is 4.79 Å². The molecule has 1 fully saturated rings. The van der Waals surface area contributed by atoms with E-state index in [1.165, 1.54) is 0 Å². The Morgan fingerprint density at radius 2 is 2.06 bits per heavy atom. The summed E-state index contributed by atoms with van der Waals surface area (Å²) in [6.45, 7) is 5.28. The van der Waals surface area contributed by atoms with Crippen molar-refractivity contribution in [2.75, 3.05) is 18.5 Å². The number of nitrogens with one attached hydrogen (secondary N) is 2. The van der Waals surface area contributed by atoms with Crippen LogP contribution < -0.4 is 10.9 Å². The zero-order chi connectivity index (χ0) is 22.0. The normalized spacial score (nSPS) is 15.9. The van der Waals surface area contributed by atoms with Gasteiger partial charge in [-0.1, -0.05) is 35.4 Å². The van der Waals surface area contributed by atoms with Gasteiger partial charge >= 0.3 is 6.03 Å². The Morgan fingerprint density at radius 3 is 2.81 bits per heavy atom. The summed E-state index contributed by atoms with van der Waals surface area (Å²) in [6.07, 6.45) is 1.82. The molecule has 2 aromatic carbocycles. The first-order chi connectivity index (χ1) is 14.9. The maximum Gasteiger partial charge on any atom is 0.322 e. The molecule has 1 aliphatic heterocycles. The predicted octanol–water partition coefficient (Wildman–Crippen LogP) is 5.01. The van der Waals surface area contributed by atoms with Crippen molar-refractivity contribution in [1.82, 2.24) is 9.88 Å². The molecule has 1 aliphatic rings. The van der Waals surface area contributed by atoms with E-state index in [2.05, 4.69) is 10.3 Å². The molecule has 31 heavy (non-hydrogen) atoms. The smallest absolute Gasteiger partial charge is 0.322 e. The summed E-state index contributed by atoms with van der Waals surface area (Å²) in [6, 6.07) is 12.7. The van der Waals surface area contributed by atoms with Crippen LogP contribution in [-0.4, -0.2) is 35.2 Å². The lowest BCUT2D eigenvalue weighted by atomic mass is 10.1. The number of pyridine rings is 1. The molecule has 0 saturated carbocycles. The molecule has 162 valence electrons. The number of H-pyrrole nitrogens is 1. The monoisotopic (exact) mass is 439 g/mol. The number of aryl methyl sites for hydroxylation is 2. The molecule has 1 aromatic heterocycles. The van der Waals surface area contributed by atoms with Crippen LogP contribution in [0.15, 0.2) is 47.3 Å². The Morgan fingerprint density at radius 1 is 1.26 bits per heavy atom. The van der Waals surface area contributed by atoms with Gasteiger partial charge < -0.3 is 19.9 Å². The first kappa shape index (κ1) is 21.4. The number of hydrogen-bond donors (Lipinski definition) is 2. The minimum absolute atomic E-state index is 0.0407. The average molecular weight is 440 g/mol. The molecular formula is C24H26ClN3O3. The largest absolute Gasteiger partial charge is 0.376 e. The number of nitrogens with zero attached hydrogens (tertiary/aromatic N) is 1. The van der Waals surface area contributed by atoms with E-state index in [1.54, 1.807) is 23.1 Å². The number of carbonyl (C=O) groups is 1. The van der Waals surface area contributed by atoms with Gasteiger partial charge in [0.05, 0.1) is 28.9 Å². The number of aromatic amines is 1. The number of halogens is 1. The van der Waals surface area contributed by atoms with Gasteiger partial charge in [0, 0.05) is 18.7 Å². The van der Waals surface area contributed by atoms with E-state index < -0.39 is 0 Å². The van der Waals surface area contributed by atoms with Crippen molar-refractivity contribution in [1.29, 1.82) is 0 Å². The van der Waals surface area contributed by atoms with Gasteiger partial charge in [0.25, 0.3) is 5.56 Å². The van der Waals surface area contributed by atoms with E-state index in [0.717, 1.165) is 34.9 Å². The molecule has 0 aliphatic carbocycles. The number of fused-ring (bicyclic) bond motifs is 1. The molecule has 2 amide bonds. The third-order valence-corrected chi connectivity index (χ3v) is 5.91. The lowest BCUT2D eigenvalue weighted by Gasteiger charge is -2.26. The second-order valence-electron chi connectivity index (χ2n) is 8.10. The molecule has 7 heteroatoms. The molecule has 4 rings (SSSR count). The summed E-state index contributed by atoms with van der Waals surface area (Å²) in [5.41, 5.74) is 3.84. The summed E-state index contributed by atoms with van der Waals surface area (Å²) in [4.78, 5) is 30.5. The Hall–Kier alpha value is -2.83. The minimum Gasteiger partial charge on any atom is -0.376 e. The number of ether oxygens (including phenoxy) is 1. The first-order valence-electron chi connectivity index (χ1n) is 10.5. The average Bonchev–Trinajstić information content (AvgIpc) is 3.23. The number of urea groups is 1. The second-order valence-corrected chi connectivity index (χ2v) is 8.50. The molecule has 6 nitrogen and oxygen atoms in total. The van der Waals surface area contributed by atoms with Crippen LogP contribution in [0, 0.1) is 13.8 Å². The molecule has 0 spiro atoms. The quantitative estimate of drug-likeness (QED) is 0.586. The van der Waals surface area contributed by atoms with Crippen molar-refractivity contribution in [2.45, 2.75) is 39.3 Å². The van der Waals surface area contributed by atoms with Crippen LogP contribution >= 0.6 is 11.6 Å². The van der Waals surface area contributed by atoms with Gasteiger partial charge in [-0.15, -0.1) is 0 Å². The number of benzene rings is 2. The number of anilines is 1. The molecular weight excluding hydrogens is 414 g/mol. The van der Waals surface area contributed by atoms with Gasteiger partial charge in [0.2, 0.25) is 0 Å². The minimum atomic E-state index is -0.316. The number of hydrogen-bond acceptors (Lipinski definition) is 3. The van der Waals surface area contributed by atoms with Crippen molar-refractivity contribution in [3.8, 4) is 0 Å². The van der Waals surface area contributed by atoms with E-state index in [4.69, 9.17) is 16.3 Å². The van der Waals surface area contributed by atoms with E-state index in [0.29, 0.717) is 29.4 Å². The van der Waals surface area contributed by atoms with Gasteiger partial charge in [-0.05, 0) is 61.9 Å². The first-order valence-corrected chi connectivity index (χ1v) is 10.8. The number of para-hydroxylation sites is 1. The maximum atomic E-state index is 13.1. The number of rotatable bonds is 5. The molecule has 0 bridgehead atoms.